The van der Waals surface area contributed by atoms with Crippen molar-refractivity contribution in [3.05, 3.63) is 70.8 Å². The first kappa shape index (κ1) is 19.8. The Labute approximate surface area is 179 Å². The molecule has 3 atom stereocenters. The molecule has 158 valence electrons. The van der Waals surface area contributed by atoms with Crippen LogP contribution in [-0.4, -0.2) is 37.0 Å². The van der Waals surface area contributed by atoms with Gasteiger partial charge in [0.2, 0.25) is 5.91 Å². The number of carbonyl (C=O) groups excluding carboxylic acids is 1. The zero-order chi connectivity index (χ0) is 20.6. The van der Waals surface area contributed by atoms with Gasteiger partial charge in [-0.3, -0.25) is 4.79 Å². The number of benzene rings is 2. The number of carbonyl (C=O) groups is 1. The average molecular weight is 405 g/mol. The van der Waals surface area contributed by atoms with E-state index < -0.39 is 0 Å². The van der Waals surface area contributed by atoms with E-state index in [1.54, 1.807) is 0 Å². The maximum atomic E-state index is 14.1. The number of nitrogens with zero attached hydrogens (tertiary/aromatic N) is 1. The molecule has 3 aliphatic heterocycles. The summed E-state index contributed by atoms with van der Waals surface area (Å²) in [6.07, 6.45) is 4.32. The third-order valence-corrected chi connectivity index (χ3v) is 7.52. The van der Waals surface area contributed by atoms with E-state index >= 15 is 0 Å². The van der Waals surface area contributed by atoms with Gasteiger partial charge in [-0.05, 0) is 47.9 Å². The third kappa shape index (κ3) is 3.17. The fourth-order valence-electron chi connectivity index (χ4n) is 5.95. The molecule has 2 saturated heterocycles. The minimum atomic E-state index is -0.255. The Bertz CT molecular complexity index is 913. The van der Waals surface area contributed by atoms with Crippen LogP contribution < -0.4 is 5.32 Å². The van der Waals surface area contributed by atoms with Gasteiger partial charge < -0.3 is 15.0 Å². The summed E-state index contributed by atoms with van der Waals surface area (Å²) in [5, 5.41) is 3.56. The topological polar surface area (TPSA) is 41.6 Å². The number of fused-ring (bicyclic) bond motifs is 2. The minimum Gasteiger partial charge on any atom is -0.376 e. The highest BCUT2D eigenvalue weighted by molar-refractivity contribution is 5.82. The van der Waals surface area contributed by atoms with Crippen LogP contribution in [0.25, 0.3) is 0 Å². The van der Waals surface area contributed by atoms with Crippen LogP contribution in [-0.2, 0) is 28.0 Å². The van der Waals surface area contributed by atoms with Crippen LogP contribution >= 0.6 is 0 Å². The fraction of sp³-hybridized carbons (Fsp3) is 0.500. The molecule has 0 unspecified atom stereocenters. The maximum Gasteiger partial charge on any atom is 0.228 e. The van der Waals surface area contributed by atoms with Gasteiger partial charge in [0.05, 0.1) is 25.2 Å². The highest BCUT2D eigenvalue weighted by atomic mass is 16.5. The largest absolute Gasteiger partial charge is 0.376 e. The summed E-state index contributed by atoms with van der Waals surface area (Å²) in [6, 6.07) is 17.4. The molecule has 5 rings (SSSR count). The quantitative estimate of drug-likeness (QED) is 0.841. The second-order valence-corrected chi connectivity index (χ2v) is 9.08. The van der Waals surface area contributed by atoms with Gasteiger partial charge in [-0.2, -0.15) is 0 Å². The first-order chi connectivity index (χ1) is 14.7. The van der Waals surface area contributed by atoms with Crippen molar-refractivity contribution in [1.29, 1.82) is 0 Å². The van der Waals surface area contributed by atoms with E-state index in [9.17, 15) is 4.79 Å². The fourth-order valence-corrected chi connectivity index (χ4v) is 5.95. The smallest absolute Gasteiger partial charge is 0.228 e. The van der Waals surface area contributed by atoms with Gasteiger partial charge in [-0.25, -0.2) is 0 Å². The van der Waals surface area contributed by atoms with E-state index in [0.717, 1.165) is 38.9 Å². The Hall–Kier alpha value is -2.17. The normalized spacial score (nSPS) is 28.5. The third-order valence-electron chi connectivity index (χ3n) is 7.52. The summed E-state index contributed by atoms with van der Waals surface area (Å²) < 4.78 is 6.14. The molecule has 0 aliphatic carbocycles. The lowest BCUT2D eigenvalue weighted by molar-refractivity contribution is -0.142. The van der Waals surface area contributed by atoms with Crippen LogP contribution in [0.2, 0.25) is 0 Å². The van der Waals surface area contributed by atoms with Crippen LogP contribution in [0.3, 0.4) is 0 Å². The zero-order valence-corrected chi connectivity index (χ0v) is 17.9. The SMILES string of the molecule is CCc1cccc2c1COC[C@]21CNC[C@H]1C(=O)N1CCCC[C@H]1c1ccccc1. The molecule has 0 radical (unpaired) electrons. The molecule has 3 heterocycles. The molecule has 1 spiro atoms. The molecular formula is C26H32N2O2. The van der Waals surface area contributed by atoms with E-state index in [0.29, 0.717) is 19.1 Å². The number of ether oxygens (including phenoxy) is 1. The highest BCUT2D eigenvalue weighted by Gasteiger charge is 2.52. The molecule has 1 amide bonds. The Balaban J connectivity index is 1.51. The summed E-state index contributed by atoms with van der Waals surface area (Å²) in [6.45, 7) is 5.89. The molecule has 0 saturated carbocycles. The number of rotatable bonds is 3. The van der Waals surface area contributed by atoms with E-state index in [2.05, 4.69) is 65.7 Å². The molecule has 1 N–H and O–H groups in total. The summed E-state index contributed by atoms with van der Waals surface area (Å²) in [4.78, 5) is 16.2. The zero-order valence-electron chi connectivity index (χ0n) is 17.9. The number of likely N-dealkylation sites (tertiary alicyclic amines) is 1. The first-order valence-electron chi connectivity index (χ1n) is 11.5. The second-order valence-electron chi connectivity index (χ2n) is 9.08. The Morgan fingerprint density at radius 2 is 2.03 bits per heavy atom. The molecular weight excluding hydrogens is 372 g/mol. The average Bonchev–Trinajstić information content (AvgIpc) is 3.23. The molecule has 0 aromatic heterocycles. The van der Waals surface area contributed by atoms with Crippen LogP contribution in [0, 0.1) is 5.92 Å². The van der Waals surface area contributed by atoms with Crippen molar-refractivity contribution in [3.8, 4) is 0 Å². The summed E-state index contributed by atoms with van der Waals surface area (Å²) in [5.41, 5.74) is 5.01. The first-order valence-corrected chi connectivity index (χ1v) is 11.5. The van der Waals surface area contributed by atoms with Crippen LogP contribution in [0.1, 0.15) is 54.5 Å². The van der Waals surface area contributed by atoms with Gasteiger partial charge >= 0.3 is 0 Å². The van der Waals surface area contributed by atoms with Crippen molar-refractivity contribution in [3.63, 3.8) is 0 Å². The van der Waals surface area contributed by atoms with E-state index in [1.165, 1.54) is 28.7 Å². The van der Waals surface area contributed by atoms with Gasteiger partial charge in [0.1, 0.15) is 0 Å². The Kier molecular flexibility index (Phi) is 5.38. The summed E-state index contributed by atoms with van der Waals surface area (Å²) in [5.74, 6) is 0.222. The Morgan fingerprint density at radius 3 is 2.87 bits per heavy atom. The lowest BCUT2D eigenvalue weighted by atomic mass is 9.68. The Morgan fingerprint density at radius 1 is 1.17 bits per heavy atom. The van der Waals surface area contributed by atoms with Crippen LogP contribution in [0.5, 0.6) is 0 Å². The predicted octanol–water partition coefficient (Wildman–Crippen LogP) is 3.99. The molecule has 2 aromatic carbocycles. The van der Waals surface area contributed by atoms with Crippen LogP contribution in [0.4, 0.5) is 0 Å². The van der Waals surface area contributed by atoms with Gasteiger partial charge in [-0.15, -0.1) is 0 Å². The number of nitrogens with one attached hydrogen (secondary N) is 1. The predicted molar refractivity (Wildman–Crippen MR) is 118 cm³/mol. The van der Waals surface area contributed by atoms with E-state index in [4.69, 9.17) is 4.74 Å². The monoisotopic (exact) mass is 404 g/mol. The lowest BCUT2D eigenvalue weighted by Crippen LogP contribution is -2.52. The highest BCUT2D eigenvalue weighted by Crippen LogP contribution is 2.44. The number of piperidine rings is 1. The van der Waals surface area contributed by atoms with Crippen molar-refractivity contribution >= 4 is 5.91 Å². The van der Waals surface area contributed by atoms with Gasteiger partial charge in [0, 0.05) is 25.0 Å². The van der Waals surface area contributed by atoms with Crippen molar-refractivity contribution < 1.29 is 9.53 Å². The molecule has 4 heteroatoms. The second kappa shape index (κ2) is 8.16. The van der Waals surface area contributed by atoms with Crippen molar-refractivity contribution in [2.45, 2.75) is 50.7 Å². The molecule has 30 heavy (non-hydrogen) atoms. The molecule has 2 aromatic rings. The molecule has 0 bridgehead atoms. The summed E-state index contributed by atoms with van der Waals surface area (Å²) >= 11 is 0. The van der Waals surface area contributed by atoms with E-state index in [-0.39, 0.29) is 17.4 Å². The number of hydrogen-bond donors (Lipinski definition) is 1. The van der Waals surface area contributed by atoms with Crippen molar-refractivity contribution in [2.75, 3.05) is 26.2 Å². The minimum absolute atomic E-state index is 0.0760. The standard InChI is InChI=1S/C26H32N2O2/c1-2-19-11-8-12-22-21(19)16-30-18-26(22)17-27-15-23(26)25(29)28-14-7-6-13-24(28)20-9-4-3-5-10-20/h3-5,8-12,23-24,27H,2,6-7,13-18H2,1H3/t23-,24-,26+/m0/s1. The van der Waals surface area contributed by atoms with Gasteiger partial charge in [-0.1, -0.05) is 55.5 Å². The number of amides is 1. The lowest BCUT2D eigenvalue weighted by Gasteiger charge is -2.44. The molecule has 4 nitrogen and oxygen atoms in total. The van der Waals surface area contributed by atoms with Crippen molar-refractivity contribution in [1.82, 2.24) is 10.2 Å². The molecule has 2 fully saturated rings. The maximum absolute atomic E-state index is 14.1. The van der Waals surface area contributed by atoms with Gasteiger partial charge in [0.15, 0.2) is 0 Å². The van der Waals surface area contributed by atoms with Crippen LogP contribution in [0.15, 0.2) is 48.5 Å². The van der Waals surface area contributed by atoms with E-state index in [1.807, 2.05) is 0 Å². The number of aryl methyl sites for hydroxylation is 1. The molecule has 3 aliphatic rings. The number of hydrogen-bond acceptors (Lipinski definition) is 3. The van der Waals surface area contributed by atoms with Gasteiger partial charge in [0.25, 0.3) is 0 Å². The summed E-state index contributed by atoms with van der Waals surface area (Å²) in [7, 11) is 0. The van der Waals surface area contributed by atoms with Crippen molar-refractivity contribution in [2.24, 2.45) is 5.92 Å².